The number of carbonyl (C=O) groups is 2. The maximum Gasteiger partial charge on any atom is 0.401 e. The summed E-state index contributed by atoms with van der Waals surface area (Å²) in [4.78, 5) is 21.6. The molecule has 0 aliphatic carbocycles. The second-order valence-electron chi connectivity index (χ2n) is 7.35. The van der Waals surface area contributed by atoms with Crippen LogP contribution in [0.3, 0.4) is 0 Å². The number of hydrogen-bond donors (Lipinski definition) is 2. The zero-order valence-corrected chi connectivity index (χ0v) is 23.9. The first kappa shape index (κ1) is 33.1. The van der Waals surface area contributed by atoms with Gasteiger partial charge in [0.15, 0.2) is 12.1 Å². The molecule has 0 aliphatic rings. The van der Waals surface area contributed by atoms with Crippen LogP contribution in [0.1, 0.15) is 27.4 Å². The van der Waals surface area contributed by atoms with Crippen LogP contribution in [0.5, 0.6) is 0 Å². The fourth-order valence-corrected chi connectivity index (χ4v) is 4.50. The molecule has 2 aromatic carbocycles. The summed E-state index contributed by atoms with van der Waals surface area (Å²) in [6, 6.07) is 9.31. The van der Waals surface area contributed by atoms with Crippen LogP contribution in [0.2, 0.25) is 0 Å². The van der Waals surface area contributed by atoms with Crippen LogP contribution in [0.4, 0.5) is 26.3 Å². The maximum absolute atomic E-state index is 13.4. The van der Waals surface area contributed by atoms with Crippen LogP contribution in [0.15, 0.2) is 68.2 Å². The number of allylic oxidation sites excluding steroid dienone is 1. The van der Waals surface area contributed by atoms with Gasteiger partial charge in [-0.1, -0.05) is 72.6 Å². The number of hydrogen-bond acceptors (Lipinski definition) is 4. The van der Waals surface area contributed by atoms with Gasteiger partial charge in [-0.15, -0.1) is 0 Å². The van der Waals surface area contributed by atoms with Crippen molar-refractivity contribution in [2.24, 2.45) is 0 Å². The molecule has 0 heterocycles. The molecule has 2 aromatic rings. The third-order valence-corrected chi connectivity index (χ3v) is 6.08. The highest BCUT2D eigenvalue weighted by atomic mass is 79.9. The number of aldehydes is 1. The van der Waals surface area contributed by atoms with Crippen LogP contribution >= 0.6 is 47.8 Å². The van der Waals surface area contributed by atoms with Gasteiger partial charge in [0.05, 0.1) is 24.7 Å². The van der Waals surface area contributed by atoms with E-state index < -0.39 is 30.6 Å². The Labute approximate surface area is 235 Å². The SMILES string of the molecule is C=C(NC)C(=O)CNCC(F)(F)F.O=Cc1ccc(/C=C/C(c2cc(Br)cc(Br)c2)C(F)(F)F)cc1Br. The highest BCUT2D eigenvalue weighted by molar-refractivity contribution is 9.11. The summed E-state index contributed by atoms with van der Waals surface area (Å²) in [5.41, 5.74) is 1.23. The summed E-state index contributed by atoms with van der Waals surface area (Å²) in [5.74, 6) is -2.22. The van der Waals surface area contributed by atoms with Gasteiger partial charge < -0.3 is 10.6 Å². The fraction of sp³-hybridized carbons (Fsp3) is 0.250. The molecule has 0 aliphatic heterocycles. The fourth-order valence-electron chi connectivity index (χ4n) is 2.68. The Morgan fingerprint density at radius 1 is 1.03 bits per heavy atom. The Morgan fingerprint density at radius 2 is 1.62 bits per heavy atom. The normalized spacial score (nSPS) is 12.5. The highest BCUT2D eigenvalue weighted by Gasteiger charge is 2.39. The molecule has 0 saturated heterocycles. The summed E-state index contributed by atoms with van der Waals surface area (Å²) in [5, 5.41) is 4.41. The zero-order chi connectivity index (χ0) is 28.4. The molecule has 37 heavy (non-hydrogen) atoms. The molecule has 1 atom stereocenters. The molecule has 202 valence electrons. The minimum Gasteiger partial charge on any atom is -0.386 e. The van der Waals surface area contributed by atoms with Gasteiger partial charge >= 0.3 is 12.4 Å². The molecular formula is C24H21Br3F6N2O2. The number of likely N-dealkylation sites (N-methyl/N-ethyl adjacent to an activating group) is 1. The third-order valence-electron chi connectivity index (χ3n) is 4.48. The second-order valence-corrected chi connectivity index (χ2v) is 10.0. The monoisotopic (exact) mass is 720 g/mol. The number of Topliss-reactive ketones (excluding diaryl/α,β-unsaturated/α-hetero) is 1. The van der Waals surface area contributed by atoms with Crippen LogP contribution in [-0.2, 0) is 4.79 Å². The molecule has 0 fully saturated rings. The van der Waals surface area contributed by atoms with Gasteiger partial charge in [0.2, 0.25) is 0 Å². The number of alkyl halides is 6. The lowest BCUT2D eigenvalue weighted by Crippen LogP contribution is -2.34. The first-order valence-electron chi connectivity index (χ1n) is 10.2. The zero-order valence-electron chi connectivity index (χ0n) is 19.1. The average Bonchev–Trinajstić information content (AvgIpc) is 2.76. The molecule has 2 rings (SSSR count). The molecule has 0 radical (unpaired) electrons. The average molecular weight is 723 g/mol. The van der Waals surface area contributed by atoms with Crippen LogP contribution in [0, 0.1) is 0 Å². The number of rotatable bonds is 9. The van der Waals surface area contributed by atoms with E-state index in [0.29, 0.717) is 30.8 Å². The molecule has 13 heteroatoms. The lowest BCUT2D eigenvalue weighted by atomic mass is 9.97. The van der Waals surface area contributed by atoms with Gasteiger partial charge in [0, 0.05) is 26.0 Å². The van der Waals surface area contributed by atoms with Gasteiger partial charge in [0.25, 0.3) is 0 Å². The van der Waals surface area contributed by atoms with E-state index in [9.17, 15) is 35.9 Å². The van der Waals surface area contributed by atoms with E-state index in [1.54, 1.807) is 24.3 Å². The van der Waals surface area contributed by atoms with Crippen LogP contribution in [-0.4, -0.2) is 44.6 Å². The van der Waals surface area contributed by atoms with Gasteiger partial charge in [-0.2, -0.15) is 26.3 Å². The van der Waals surface area contributed by atoms with E-state index in [1.807, 2.05) is 5.32 Å². The van der Waals surface area contributed by atoms with Gasteiger partial charge in [-0.05, 0) is 41.5 Å². The minimum absolute atomic E-state index is 0.0923. The Hall–Kier alpha value is -1.96. The summed E-state index contributed by atoms with van der Waals surface area (Å²) in [7, 11) is 1.48. The van der Waals surface area contributed by atoms with E-state index in [0.717, 1.165) is 6.08 Å². The van der Waals surface area contributed by atoms with E-state index in [1.165, 1.54) is 25.3 Å². The van der Waals surface area contributed by atoms with Crippen molar-refractivity contribution in [3.8, 4) is 0 Å². The lowest BCUT2D eigenvalue weighted by Gasteiger charge is -2.18. The Kier molecular flexibility index (Phi) is 13.3. The number of ketones is 1. The number of benzene rings is 2. The first-order chi connectivity index (χ1) is 17.1. The molecule has 0 saturated carbocycles. The van der Waals surface area contributed by atoms with Gasteiger partial charge in [-0.25, -0.2) is 0 Å². The standard InChI is InChI=1S/C17H10Br3F3O.C7H11F3N2O/c18-13-6-12(7-14(19)8-13)15(17(21,22)23)4-2-10-1-3-11(9-24)16(20)5-10;1-5(11-2)6(13)3-12-4-7(8,9)10/h1-9,15H;11-12H,1,3-4H2,2H3/b4-2+;. The minimum atomic E-state index is -4.42. The maximum atomic E-state index is 13.4. The molecule has 1 unspecified atom stereocenters. The topological polar surface area (TPSA) is 58.2 Å². The number of halogens is 9. The van der Waals surface area contributed by atoms with Crippen molar-refractivity contribution in [2.75, 3.05) is 20.1 Å². The van der Waals surface area contributed by atoms with Gasteiger partial charge in [0.1, 0.15) is 0 Å². The Bertz CT molecular complexity index is 1110. The van der Waals surface area contributed by atoms with Crippen molar-refractivity contribution in [3.63, 3.8) is 0 Å². The van der Waals surface area contributed by atoms with Crippen molar-refractivity contribution < 1.29 is 35.9 Å². The highest BCUT2D eigenvalue weighted by Crippen LogP contribution is 2.38. The molecule has 4 nitrogen and oxygen atoms in total. The molecule has 0 aromatic heterocycles. The molecule has 0 amide bonds. The number of nitrogens with one attached hydrogen (secondary N) is 2. The lowest BCUT2D eigenvalue weighted by molar-refractivity contribution is -0.139. The van der Waals surface area contributed by atoms with E-state index in [-0.39, 0.29) is 17.8 Å². The number of carbonyl (C=O) groups excluding carboxylic acids is 2. The summed E-state index contributed by atoms with van der Waals surface area (Å²) in [6.07, 6.45) is -5.53. The Balaban J connectivity index is 0.000000448. The second kappa shape index (κ2) is 14.8. The smallest absolute Gasteiger partial charge is 0.386 e. The van der Waals surface area contributed by atoms with E-state index >= 15 is 0 Å². The summed E-state index contributed by atoms with van der Waals surface area (Å²) < 4.78 is 76.7. The van der Waals surface area contributed by atoms with Gasteiger partial charge in [-0.3, -0.25) is 9.59 Å². The summed E-state index contributed by atoms with van der Waals surface area (Å²) in [6.45, 7) is 1.77. The quantitative estimate of drug-likeness (QED) is 0.159. The largest absolute Gasteiger partial charge is 0.401 e. The molecule has 0 spiro atoms. The third kappa shape index (κ3) is 12.4. The van der Waals surface area contributed by atoms with Crippen molar-refractivity contribution in [1.82, 2.24) is 10.6 Å². The van der Waals surface area contributed by atoms with Crippen molar-refractivity contribution in [3.05, 3.63) is 84.9 Å². The molecule has 2 N–H and O–H groups in total. The van der Waals surface area contributed by atoms with Crippen molar-refractivity contribution >= 4 is 65.9 Å². The van der Waals surface area contributed by atoms with Crippen LogP contribution in [0.25, 0.3) is 6.08 Å². The van der Waals surface area contributed by atoms with Crippen molar-refractivity contribution in [1.29, 1.82) is 0 Å². The molecular weight excluding hydrogens is 702 g/mol. The summed E-state index contributed by atoms with van der Waals surface area (Å²) >= 11 is 9.64. The molecule has 0 bridgehead atoms. The van der Waals surface area contributed by atoms with Crippen LogP contribution < -0.4 is 10.6 Å². The predicted molar refractivity (Wildman–Crippen MR) is 141 cm³/mol. The van der Waals surface area contributed by atoms with E-state index in [4.69, 9.17) is 0 Å². The first-order valence-corrected chi connectivity index (χ1v) is 12.6. The van der Waals surface area contributed by atoms with Crippen molar-refractivity contribution in [2.45, 2.75) is 18.3 Å². The predicted octanol–water partition coefficient (Wildman–Crippen LogP) is 7.59. The Morgan fingerprint density at radius 3 is 2.08 bits per heavy atom. The van der Waals surface area contributed by atoms with E-state index in [2.05, 4.69) is 59.7 Å².